The Kier molecular flexibility index (Phi) is 6.51. The number of rotatable bonds is 8. The van der Waals surface area contributed by atoms with E-state index in [-0.39, 0.29) is 25.5 Å². The van der Waals surface area contributed by atoms with E-state index in [0.717, 1.165) is 23.3 Å². The summed E-state index contributed by atoms with van der Waals surface area (Å²) in [6.07, 6.45) is 3.32. The van der Waals surface area contributed by atoms with Gasteiger partial charge in [0.05, 0.1) is 6.61 Å². The summed E-state index contributed by atoms with van der Waals surface area (Å²) in [5, 5.41) is 5.47. The number of imide groups is 1. The van der Waals surface area contributed by atoms with Crippen LogP contribution in [0.4, 0.5) is 4.79 Å². The molecule has 2 N–H and O–H groups in total. The van der Waals surface area contributed by atoms with Crippen LogP contribution in [0.25, 0.3) is 0 Å². The Morgan fingerprint density at radius 1 is 1.21 bits per heavy atom. The van der Waals surface area contributed by atoms with E-state index in [1.165, 1.54) is 0 Å². The highest BCUT2D eigenvalue weighted by molar-refractivity contribution is 6.07. The van der Waals surface area contributed by atoms with Crippen LogP contribution in [0, 0.1) is 0 Å². The zero-order chi connectivity index (χ0) is 20.9. The van der Waals surface area contributed by atoms with Crippen LogP contribution in [0.5, 0.6) is 0 Å². The van der Waals surface area contributed by atoms with Crippen molar-refractivity contribution in [3.8, 4) is 0 Å². The van der Waals surface area contributed by atoms with Gasteiger partial charge in [-0.15, -0.1) is 0 Å². The number of urea groups is 1. The lowest BCUT2D eigenvalue weighted by molar-refractivity contribution is -0.147. The molecule has 29 heavy (non-hydrogen) atoms. The topological polar surface area (TPSA) is 105 Å². The first-order chi connectivity index (χ1) is 13.9. The molecule has 8 nitrogen and oxygen atoms in total. The zero-order valence-electron chi connectivity index (χ0n) is 16.6. The van der Waals surface area contributed by atoms with Crippen molar-refractivity contribution in [1.29, 1.82) is 0 Å². The number of esters is 1. The van der Waals surface area contributed by atoms with Gasteiger partial charge >= 0.3 is 12.0 Å². The maximum atomic E-state index is 12.6. The number of amides is 4. The summed E-state index contributed by atoms with van der Waals surface area (Å²) in [5.74, 6) is -1.17. The van der Waals surface area contributed by atoms with E-state index in [4.69, 9.17) is 4.74 Å². The molecule has 0 bridgehead atoms. The second-order valence-corrected chi connectivity index (χ2v) is 7.49. The number of hydrogen-bond acceptors (Lipinski definition) is 5. The molecule has 1 heterocycles. The lowest BCUT2D eigenvalue weighted by Gasteiger charge is -2.20. The van der Waals surface area contributed by atoms with E-state index in [1.807, 2.05) is 30.3 Å². The molecule has 0 radical (unpaired) electrons. The predicted octanol–water partition coefficient (Wildman–Crippen LogP) is 1.53. The van der Waals surface area contributed by atoms with Gasteiger partial charge in [0.15, 0.2) is 0 Å². The first-order valence-corrected chi connectivity index (χ1v) is 10.1. The Balaban J connectivity index is 1.57. The Bertz CT molecular complexity index is 774. The number of nitrogens with zero attached hydrogens (tertiary/aromatic N) is 1. The molecule has 1 aliphatic carbocycles. The van der Waals surface area contributed by atoms with Gasteiger partial charge in [0.2, 0.25) is 5.91 Å². The van der Waals surface area contributed by atoms with E-state index < -0.39 is 29.5 Å². The Labute approximate surface area is 170 Å². The van der Waals surface area contributed by atoms with Gasteiger partial charge in [0.25, 0.3) is 5.91 Å². The van der Waals surface area contributed by atoms with E-state index in [9.17, 15) is 19.2 Å². The van der Waals surface area contributed by atoms with Crippen molar-refractivity contribution >= 4 is 23.8 Å². The molecule has 1 spiro atoms. The van der Waals surface area contributed by atoms with E-state index in [1.54, 1.807) is 6.92 Å². The molecule has 1 saturated heterocycles. The van der Waals surface area contributed by atoms with Crippen LogP contribution in [0.1, 0.15) is 44.6 Å². The summed E-state index contributed by atoms with van der Waals surface area (Å²) in [5.41, 5.74) is 0.108. The minimum atomic E-state index is -0.825. The average molecular weight is 401 g/mol. The summed E-state index contributed by atoms with van der Waals surface area (Å²) in [6, 6.07) is 8.05. The van der Waals surface area contributed by atoms with Crippen LogP contribution in [0.3, 0.4) is 0 Å². The Hall–Kier alpha value is -2.90. The summed E-state index contributed by atoms with van der Waals surface area (Å²) in [7, 11) is 0. The minimum absolute atomic E-state index is 0.0147. The molecule has 1 unspecified atom stereocenters. The number of benzene rings is 1. The third kappa shape index (κ3) is 4.75. The zero-order valence-corrected chi connectivity index (χ0v) is 16.6. The highest BCUT2D eigenvalue weighted by atomic mass is 16.5. The van der Waals surface area contributed by atoms with Crippen molar-refractivity contribution < 1.29 is 23.9 Å². The van der Waals surface area contributed by atoms with Gasteiger partial charge in [-0.1, -0.05) is 43.2 Å². The fraction of sp³-hybridized carbons (Fsp3) is 0.524. The van der Waals surface area contributed by atoms with Crippen molar-refractivity contribution in [1.82, 2.24) is 15.5 Å². The molecule has 2 aliphatic rings. The van der Waals surface area contributed by atoms with Gasteiger partial charge in [-0.25, -0.2) is 9.59 Å². The molecule has 1 aromatic carbocycles. The average Bonchev–Trinajstić information content (AvgIpc) is 3.26. The first-order valence-electron chi connectivity index (χ1n) is 10.1. The SMILES string of the molecule is CCOC(=O)C(Cc1ccccc1)NC(=O)CCN1C(=O)NC2(CCCC2)C1=O. The maximum Gasteiger partial charge on any atom is 0.328 e. The van der Waals surface area contributed by atoms with Gasteiger partial charge < -0.3 is 15.4 Å². The molecule has 1 aliphatic heterocycles. The molecular formula is C21H27N3O5. The van der Waals surface area contributed by atoms with Gasteiger partial charge in [0.1, 0.15) is 11.6 Å². The highest BCUT2D eigenvalue weighted by Gasteiger charge is 2.52. The van der Waals surface area contributed by atoms with Crippen LogP contribution in [0.15, 0.2) is 30.3 Å². The maximum absolute atomic E-state index is 12.6. The van der Waals surface area contributed by atoms with Gasteiger partial charge in [-0.05, 0) is 25.3 Å². The molecule has 1 saturated carbocycles. The van der Waals surface area contributed by atoms with Crippen LogP contribution in [-0.4, -0.2) is 53.4 Å². The lowest BCUT2D eigenvalue weighted by atomic mass is 9.98. The fourth-order valence-electron chi connectivity index (χ4n) is 3.96. The highest BCUT2D eigenvalue weighted by Crippen LogP contribution is 2.34. The smallest absolute Gasteiger partial charge is 0.328 e. The second kappa shape index (κ2) is 9.07. The first kappa shape index (κ1) is 20.8. The van der Waals surface area contributed by atoms with E-state index in [2.05, 4.69) is 10.6 Å². The van der Waals surface area contributed by atoms with Crippen LogP contribution in [-0.2, 0) is 25.5 Å². The summed E-state index contributed by atoms with van der Waals surface area (Å²) in [4.78, 5) is 50.7. The Morgan fingerprint density at radius 3 is 2.55 bits per heavy atom. The number of hydrogen-bond donors (Lipinski definition) is 2. The largest absolute Gasteiger partial charge is 0.464 e. The normalized spacial score (nSPS) is 18.6. The predicted molar refractivity (Wildman–Crippen MR) is 105 cm³/mol. The third-order valence-corrected chi connectivity index (χ3v) is 5.45. The van der Waals surface area contributed by atoms with Gasteiger partial charge in [-0.3, -0.25) is 14.5 Å². The minimum Gasteiger partial charge on any atom is -0.464 e. The van der Waals surface area contributed by atoms with E-state index in [0.29, 0.717) is 19.3 Å². The number of carbonyl (C=O) groups is 4. The van der Waals surface area contributed by atoms with Crippen molar-refractivity contribution in [3.63, 3.8) is 0 Å². The second-order valence-electron chi connectivity index (χ2n) is 7.49. The van der Waals surface area contributed by atoms with Crippen LogP contribution >= 0.6 is 0 Å². The molecular weight excluding hydrogens is 374 g/mol. The number of nitrogens with one attached hydrogen (secondary N) is 2. The standard InChI is InChI=1S/C21H27N3O5/c1-2-29-18(26)16(14-15-8-4-3-5-9-15)22-17(25)10-13-24-19(27)21(23-20(24)28)11-6-7-12-21/h3-5,8-9,16H,2,6-7,10-14H2,1H3,(H,22,25)(H,23,28). The van der Waals surface area contributed by atoms with Crippen molar-refractivity contribution in [2.24, 2.45) is 0 Å². The van der Waals surface area contributed by atoms with Crippen LogP contribution < -0.4 is 10.6 Å². The third-order valence-electron chi connectivity index (χ3n) is 5.45. The van der Waals surface area contributed by atoms with Crippen LogP contribution in [0.2, 0.25) is 0 Å². The Morgan fingerprint density at radius 2 is 1.90 bits per heavy atom. The summed E-state index contributed by atoms with van der Waals surface area (Å²) in [6.45, 7) is 1.90. The molecule has 0 aromatic heterocycles. The number of carbonyl (C=O) groups excluding carboxylic acids is 4. The van der Waals surface area contributed by atoms with Gasteiger partial charge in [0, 0.05) is 19.4 Å². The fourth-order valence-corrected chi connectivity index (χ4v) is 3.96. The van der Waals surface area contributed by atoms with Crippen molar-refractivity contribution in [2.75, 3.05) is 13.2 Å². The van der Waals surface area contributed by atoms with Gasteiger partial charge in [-0.2, -0.15) is 0 Å². The molecule has 156 valence electrons. The van der Waals surface area contributed by atoms with Crippen molar-refractivity contribution in [2.45, 2.75) is 57.0 Å². The molecule has 1 aromatic rings. The number of ether oxygens (including phenoxy) is 1. The van der Waals surface area contributed by atoms with E-state index >= 15 is 0 Å². The molecule has 3 rings (SSSR count). The molecule has 1 atom stereocenters. The summed E-state index contributed by atoms with van der Waals surface area (Å²) >= 11 is 0. The lowest BCUT2D eigenvalue weighted by Crippen LogP contribution is -2.45. The molecule has 8 heteroatoms. The quantitative estimate of drug-likeness (QED) is 0.508. The molecule has 2 fully saturated rings. The molecule has 4 amide bonds. The summed E-state index contributed by atoms with van der Waals surface area (Å²) < 4.78 is 5.07. The van der Waals surface area contributed by atoms with Crippen molar-refractivity contribution in [3.05, 3.63) is 35.9 Å². The monoisotopic (exact) mass is 401 g/mol.